The van der Waals surface area contributed by atoms with E-state index in [0.717, 1.165) is 12.0 Å². The Kier molecular flexibility index (Phi) is 5.35. The highest BCUT2D eigenvalue weighted by Crippen LogP contribution is 2.15. The topological polar surface area (TPSA) is 38.3 Å². The van der Waals surface area contributed by atoms with Crippen molar-refractivity contribution in [2.45, 2.75) is 45.8 Å². The van der Waals surface area contributed by atoms with Gasteiger partial charge in [0.05, 0.1) is 11.6 Å². The van der Waals surface area contributed by atoms with Crippen LogP contribution < -0.4 is 5.32 Å². The number of hydrogen-bond donors (Lipinski definition) is 1. The second-order valence-electron chi connectivity index (χ2n) is 5.34. The molecule has 0 saturated heterocycles. The molecule has 1 aromatic carbocycles. The summed E-state index contributed by atoms with van der Waals surface area (Å²) in [6.07, 6.45) is 0.866. The summed E-state index contributed by atoms with van der Waals surface area (Å²) in [6, 6.07) is 10.0. The van der Waals surface area contributed by atoms with Crippen LogP contribution in [-0.2, 0) is 9.53 Å². The van der Waals surface area contributed by atoms with Gasteiger partial charge in [0.2, 0.25) is 5.91 Å². The molecule has 1 aromatic rings. The number of ether oxygens (including phenoxy) is 1. The average molecular weight is 249 g/mol. The van der Waals surface area contributed by atoms with Crippen LogP contribution in [0, 0.1) is 0 Å². The Morgan fingerprint density at radius 1 is 1.28 bits per heavy atom. The summed E-state index contributed by atoms with van der Waals surface area (Å²) in [4.78, 5) is 11.8. The zero-order valence-electron chi connectivity index (χ0n) is 11.7. The highest BCUT2D eigenvalue weighted by atomic mass is 16.5. The Hall–Kier alpha value is -1.35. The minimum Gasteiger partial charge on any atom is -0.366 e. The number of nitrogens with one attached hydrogen (secondary N) is 1. The number of carbonyl (C=O) groups excluding carboxylic acids is 1. The van der Waals surface area contributed by atoms with Gasteiger partial charge < -0.3 is 10.1 Å². The van der Waals surface area contributed by atoms with E-state index in [1.54, 1.807) is 0 Å². The molecule has 1 atom stereocenters. The summed E-state index contributed by atoms with van der Waals surface area (Å²) in [7, 11) is 0. The lowest BCUT2D eigenvalue weighted by atomic mass is 10.0. The van der Waals surface area contributed by atoms with Crippen molar-refractivity contribution < 1.29 is 9.53 Å². The van der Waals surface area contributed by atoms with Crippen LogP contribution >= 0.6 is 0 Å². The lowest BCUT2D eigenvalue weighted by Crippen LogP contribution is -2.34. The third kappa shape index (κ3) is 5.32. The van der Waals surface area contributed by atoms with E-state index in [-0.39, 0.29) is 24.2 Å². The van der Waals surface area contributed by atoms with Gasteiger partial charge in [-0.1, -0.05) is 37.3 Å². The highest BCUT2D eigenvalue weighted by Gasteiger charge is 2.16. The Morgan fingerprint density at radius 3 is 2.39 bits per heavy atom. The minimum atomic E-state index is -0.286. The molecule has 0 radical (unpaired) electrons. The van der Waals surface area contributed by atoms with Crippen LogP contribution in [0.15, 0.2) is 30.3 Å². The molecule has 3 heteroatoms. The summed E-state index contributed by atoms with van der Waals surface area (Å²) < 4.78 is 5.46. The van der Waals surface area contributed by atoms with Crippen molar-refractivity contribution in [2.24, 2.45) is 0 Å². The summed E-state index contributed by atoms with van der Waals surface area (Å²) in [5.41, 5.74) is 0.843. The van der Waals surface area contributed by atoms with Gasteiger partial charge in [0.25, 0.3) is 0 Å². The van der Waals surface area contributed by atoms with Crippen LogP contribution in [0.1, 0.15) is 45.7 Å². The fourth-order valence-corrected chi connectivity index (χ4v) is 1.62. The van der Waals surface area contributed by atoms with Gasteiger partial charge in [-0.3, -0.25) is 4.79 Å². The molecule has 0 heterocycles. The molecular weight excluding hydrogens is 226 g/mol. The van der Waals surface area contributed by atoms with Crippen LogP contribution in [0.4, 0.5) is 0 Å². The Labute approximate surface area is 110 Å². The number of amides is 1. The second kappa shape index (κ2) is 6.55. The molecule has 1 N–H and O–H groups in total. The fraction of sp³-hybridized carbons (Fsp3) is 0.533. The van der Waals surface area contributed by atoms with Gasteiger partial charge in [-0.2, -0.15) is 0 Å². The minimum absolute atomic E-state index is 0.0577. The average Bonchev–Trinajstić information content (AvgIpc) is 2.33. The summed E-state index contributed by atoms with van der Waals surface area (Å²) in [5, 5.41) is 2.99. The van der Waals surface area contributed by atoms with Crippen molar-refractivity contribution in [1.29, 1.82) is 0 Å². The predicted octanol–water partition coefficient (Wildman–Crippen LogP) is 3.07. The molecule has 0 saturated carbocycles. The molecule has 1 unspecified atom stereocenters. The molecule has 0 fully saturated rings. The molecule has 1 rings (SSSR count). The monoisotopic (exact) mass is 249 g/mol. The maximum atomic E-state index is 11.8. The van der Waals surface area contributed by atoms with E-state index in [0.29, 0.717) is 0 Å². The van der Waals surface area contributed by atoms with E-state index < -0.39 is 0 Å². The predicted molar refractivity (Wildman–Crippen MR) is 73.3 cm³/mol. The first-order valence-electron chi connectivity index (χ1n) is 6.40. The van der Waals surface area contributed by atoms with Gasteiger partial charge in [-0.25, -0.2) is 0 Å². The summed E-state index contributed by atoms with van der Waals surface area (Å²) >= 11 is 0. The Balaban J connectivity index is 2.51. The van der Waals surface area contributed by atoms with Crippen LogP contribution in [0.5, 0.6) is 0 Å². The first kappa shape index (κ1) is 14.7. The van der Waals surface area contributed by atoms with E-state index in [9.17, 15) is 4.79 Å². The van der Waals surface area contributed by atoms with Crippen molar-refractivity contribution in [3.63, 3.8) is 0 Å². The highest BCUT2D eigenvalue weighted by molar-refractivity contribution is 5.77. The number of benzene rings is 1. The van der Waals surface area contributed by atoms with Crippen molar-refractivity contribution in [3.05, 3.63) is 35.9 Å². The van der Waals surface area contributed by atoms with Gasteiger partial charge in [0.15, 0.2) is 0 Å². The van der Waals surface area contributed by atoms with Gasteiger partial charge in [0.1, 0.15) is 6.61 Å². The standard InChI is InChI=1S/C15H23NO2/c1-5-13(12-9-7-6-8-10-12)16-14(17)11-18-15(2,3)4/h6-10,13H,5,11H2,1-4H3,(H,16,17). The SMILES string of the molecule is CCC(NC(=O)COC(C)(C)C)c1ccccc1. The molecule has 100 valence electrons. The molecule has 1 amide bonds. The number of carbonyl (C=O) groups is 1. The molecule has 18 heavy (non-hydrogen) atoms. The van der Waals surface area contributed by atoms with Crippen molar-refractivity contribution in [2.75, 3.05) is 6.61 Å². The Bertz CT molecular complexity index is 368. The Morgan fingerprint density at radius 2 is 1.89 bits per heavy atom. The van der Waals surface area contributed by atoms with Crippen LogP contribution in [0.3, 0.4) is 0 Å². The fourth-order valence-electron chi connectivity index (χ4n) is 1.62. The van der Waals surface area contributed by atoms with Gasteiger partial charge in [-0.15, -0.1) is 0 Å². The molecule has 0 aliphatic carbocycles. The van der Waals surface area contributed by atoms with Crippen LogP contribution in [-0.4, -0.2) is 18.1 Å². The van der Waals surface area contributed by atoms with Crippen LogP contribution in [0.2, 0.25) is 0 Å². The molecule has 3 nitrogen and oxygen atoms in total. The first-order valence-corrected chi connectivity index (χ1v) is 6.40. The second-order valence-corrected chi connectivity index (χ2v) is 5.34. The largest absolute Gasteiger partial charge is 0.366 e. The molecule has 0 aliphatic rings. The zero-order chi connectivity index (χ0) is 13.6. The van der Waals surface area contributed by atoms with E-state index in [1.165, 1.54) is 0 Å². The molecule has 0 spiro atoms. The third-order valence-corrected chi connectivity index (χ3v) is 2.58. The summed E-state index contributed by atoms with van der Waals surface area (Å²) in [5.74, 6) is -0.0689. The van der Waals surface area contributed by atoms with Crippen molar-refractivity contribution >= 4 is 5.91 Å². The number of hydrogen-bond acceptors (Lipinski definition) is 2. The maximum Gasteiger partial charge on any atom is 0.246 e. The molecule has 0 aromatic heterocycles. The van der Waals surface area contributed by atoms with E-state index in [1.807, 2.05) is 51.1 Å². The lowest BCUT2D eigenvalue weighted by molar-refractivity contribution is -0.131. The van der Waals surface area contributed by atoms with Crippen molar-refractivity contribution in [1.82, 2.24) is 5.32 Å². The molecule has 0 bridgehead atoms. The van der Waals surface area contributed by atoms with Crippen molar-refractivity contribution in [3.8, 4) is 0 Å². The molecule has 0 aliphatic heterocycles. The zero-order valence-corrected chi connectivity index (χ0v) is 11.7. The van der Waals surface area contributed by atoms with Gasteiger partial charge >= 0.3 is 0 Å². The van der Waals surface area contributed by atoms with Crippen LogP contribution in [0.25, 0.3) is 0 Å². The smallest absolute Gasteiger partial charge is 0.246 e. The normalized spacial score (nSPS) is 13.1. The molecular formula is C15H23NO2. The quantitative estimate of drug-likeness (QED) is 0.871. The van der Waals surface area contributed by atoms with E-state index >= 15 is 0 Å². The number of rotatable bonds is 5. The van der Waals surface area contributed by atoms with E-state index in [4.69, 9.17) is 4.74 Å². The summed E-state index contributed by atoms with van der Waals surface area (Å²) in [6.45, 7) is 7.98. The van der Waals surface area contributed by atoms with E-state index in [2.05, 4.69) is 12.2 Å². The lowest BCUT2D eigenvalue weighted by Gasteiger charge is -2.21. The third-order valence-electron chi connectivity index (χ3n) is 2.58. The van der Waals surface area contributed by atoms with Gasteiger partial charge in [0, 0.05) is 0 Å². The first-order chi connectivity index (χ1) is 8.42. The van der Waals surface area contributed by atoms with Gasteiger partial charge in [-0.05, 0) is 32.8 Å². The maximum absolute atomic E-state index is 11.8.